The molecule has 0 aliphatic carbocycles. The van der Waals surface area contributed by atoms with Crippen LogP contribution in [0.3, 0.4) is 0 Å². The fourth-order valence-electron chi connectivity index (χ4n) is 2.50. The average Bonchev–Trinajstić information content (AvgIpc) is 2.55. The quantitative estimate of drug-likeness (QED) is 0.803. The Morgan fingerprint density at radius 3 is 2.64 bits per heavy atom. The van der Waals surface area contributed by atoms with Crippen molar-refractivity contribution in [1.82, 2.24) is 5.32 Å². The molecule has 1 saturated heterocycles. The molecule has 0 bridgehead atoms. The van der Waals surface area contributed by atoms with E-state index in [0.717, 1.165) is 10.2 Å². The highest BCUT2D eigenvalue weighted by Gasteiger charge is 2.38. The first-order valence-electron chi connectivity index (χ1n) is 7.54. The summed E-state index contributed by atoms with van der Waals surface area (Å²) < 4.78 is 12.1. The van der Waals surface area contributed by atoms with E-state index in [1.165, 1.54) is 0 Å². The van der Waals surface area contributed by atoms with Gasteiger partial charge in [0, 0.05) is 24.2 Å². The minimum Gasteiger partial charge on any atom is -0.489 e. The predicted molar refractivity (Wildman–Crippen MR) is 88.8 cm³/mol. The Kier molecular flexibility index (Phi) is 6.23. The van der Waals surface area contributed by atoms with Gasteiger partial charge >= 0.3 is 0 Å². The van der Waals surface area contributed by atoms with Crippen LogP contribution in [0.5, 0.6) is 5.75 Å². The Morgan fingerprint density at radius 2 is 2.05 bits per heavy atom. The van der Waals surface area contributed by atoms with E-state index in [4.69, 9.17) is 15.2 Å². The maximum atomic E-state index is 12.4. The van der Waals surface area contributed by atoms with Gasteiger partial charge in [0.15, 0.2) is 0 Å². The zero-order chi connectivity index (χ0) is 16.0. The highest BCUT2D eigenvalue weighted by atomic mass is 79.9. The van der Waals surface area contributed by atoms with Crippen LogP contribution in [0.4, 0.5) is 0 Å². The second-order valence-electron chi connectivity index (χ2n) is 5.69. The molecule has 5 nitrogen and oxygen atoms in total. The fourth-order valence-corrected chi connectivity index (χ4v) is 2.76. The molecule has 1 aliphatic heterocycles. The van der Waals surface area contributed by atoms with Crippen molar-refractivity contribution in [1.29, 1.82) is 0 Å². The molecule has 3 N–H and O–H groups in total. The monoisotopic (exact) mass is 370 g/mol. The van der Waals surface area contributed by atoms with E-state index in [9.17, 15) is 4.79 Å². The summed E-state index contributed by atoms with van der Waals surface area (Å²) in [6, 6.07) is 7.63. The standard InChI is InChI=1S/C16H23BrN2O3/c1-12(22-14-4-2-13(17)3-5-14)10-19-15(20)16(11-18)6-8-21-9-7-16/h2-5,12H,6-11,18H2,1H3,(H,19,20). The normalized spacial score (nSPS) is 18.5. The summed E-state index contributed by atoms with van der Waals surface area (Å²) in [4.78, 5) is 12.4. The maximum Gasteiger partial charge on any atom is 0.227 e. The molecule has 1 atom stereocenters. The van der Waals surface area contributed by atoms with Crippen molar-refractivity contribution in [3.05, 3.63) is 28.7 Å². The molecule has 1 fully saturated rings. The topological polar surface area (TPSA) is 73.6 Å². The third-order valence-electron chi connectivity index (χ3n) is 4.02. The molecular formula is C16H23BrN2O3. The molecular weight excluding hydrogens is 348 g/mol. The first kappa shape index (κ1) is 17.2. The van der Waals surface area contributed by atoms with E-state index in [1.54, 1.807) is 0 Å². The van der Waals surface area contributed by atoms with Crippen molar-refractivity contribution < 1.29 is 14.3 Å². The van der Waals surface area contributed by atoms with Crippen LogP contribution in [0.1, 0.15) is 19.8 Å². The summed E-state index contributed by atoms with van der Waals surface area (Å²) >= 11 is 3.38. The van der Waals surface area contributed by atoms with E-state index in [2.05, 4.69) is 21.2 Å². The number of benzene rings is 1. The third kappa shape index (κ3) is 4.44. The van der Waals surface area contributed by atoms with Crippen molar-refractivity contribution in [2.24, 2.45) is 11.1 Å². The Balaban J connectivity index is 1.83. The molecule has 1 amide bonds. The Hall–Kier alpha value is -1.11. The molecule has 22 heavy (non-hydrogen) atoms. The van der Waals surface area contributed by atoms with Crippen LogP contribution in [0, 0.1) is 5.41 Å². The number of amides is 1. The Labute approximate surface area is 139 Å². The molecule has 6 heteroatoms. The summed E-state index contributed by atoms with van der Waals surface area (Å²) in [5.41, 5.74) is 5.34. The number of nitrogens with two attached hydrogens (primary N) is 1. The predicted octanol–water partition coefficient (Wildman–Crippen LogP) is 2.09. The van der Waals surface area contributed by atoms with Crippen LogP contribution >= 0.6 is 15.9 Å². The maximum absolute atomic E-state index is 12.4. The number of carbonyl (C=O) groups excluding carboxylic acids is 1. The molecule has 0 aromatic heterocycles. The first-order valence-corrected chi connectivity index (χ1v) is 8.33. The molecule has 1 heterocycles. The molecule has 1 aliphatic rings. The second kappa shape index (κ2) is 7.94. The lowest BCUT2D eigenvalue weighted by molar-refractivity contribution is -0.136. The van der Waals surface area contributed by atoms with Crippen molar-refractivity contribution >= 4 is 21.8 Å². The van der Waals surface area contributed by atoms with Gasteiger partial charge in [0.2, 0.25) is 5.91 Å². The van der Waals surface area contributed by atoms with Gasteiger partial charge in [0.25, 0.3) is 0 Å². The lowest BCUT2D eigenvalue weighted by Crippen LogP contribution is -2.50. The summed E-state index contributed by atoms with van der Waals surface area (Å²) in [6.45, 7) is 3.92. The molecule has 0 spiro atoms. The van der Waals surface area contributed by atoms with Crippen LogP contribution in [0.15, 0.2) is 28.7 Å². The van der Waals surface area contributed by atoms with Gasteiger partial charge in [0.05, 0.1) is 12.0 Å². The minimum atomic E-state index is -0.490. The zero-order valence-corrected chi connectivity index (χ0v) is 14.4. The van der Waals surface area contributed by atoms with Crippen molar-refractivity contribution in [2.75, 3.05) is 26.3 Å². The number of hydrogen-bond donors (Lipinski definition) is 2. The second-order valence-corrected chi connectivity index (χ2v) is 6.60. The van der Waals surface area contributed by atoms with E-state index in [1.807, 2.05) is 31.2 Å². The average molecular weight is 371 g/mol. The van der Waals surface area contributed by atoms with Gasteiger partial charge in [-0.25, -0.2) is 0 Å². The highest BCUT2D eigenvalue weighted by molar-refractivity contribution is 9.10. The SMILES string of the molecule is CC(CNC(=O)C1(CN)CCOCC1)Oc1ccc(Br)cc1. The zero-order valence-electron chi connectivity index (χ0n) is 12.8. The lowest BCUT2D eigenvalue weighted by Gasteiger charge is -2.34. The number of halogens is 1. The number of nitrogens with one attached hydrogen (secondary N) is 1. The van der Waals surface area contributed by atoms with Gasteiger partial charge < -0.3 is 20.5 Å². The molecule has 1 aromatic carbocycles. The number of ether oxygens (including phenoxy) is 2. The van der Waals surface area contributed by atoms with Crippen molar-refractivity contribution in [2.45, 2.75) is 25.9 Å². The molecule has 0 saturated carbocycles. The van der Waals surface area contributed by atoms with Crippen molar-refractivity contribution in [3.63, 3.8) is 0 Å². The Bertz CT molecular complexity index is 487. The number of rotatable bonds is 6. The van der Waals surface area contributed by atoms with Crippen LogP contribution in [-0.2, 0) is 9.53 Å². The fraction of sp³-hybridized carbons (Fsp3) is 0.562. The molecule has 2 rings (SSSR count). The van der Waals surface area contributed by atoms with Gasteiger partial charge in [-0.2, -0.15) is 0 Å². The van der Waals surface area contributed by atoms with E-state index in [0.29, 0.717) is 39.1 Å². The van der Waals surface area contributed by atoms with Gasteiger partial charge in [0.1, 0.15) is 11.9 Å². The van der Waals surface area contributed by atoms with Crippen molar-refractivity contribution in [3.8, 4) is 5.75 Å². The van der Waals surface area contributed by atoms with E-state index in [-0.39, 0.29) is 12.0 Å². The van der Waals surface area contributed by atoms with Gasteiger partial charge in [-0.15, -0.1) is 0 Å². The summed E-state index contributed by atoms with van der Waals surface area (Å²) in [5, 5.41) is 2.97. The van der Waals surface area contributed by atoms with Crippen LogP contribution < -0.4 is 15.8 Å². The van der Waals surface area contributed by atoms with Gasteiger partial charge in [-0.1, -0.05) is 15.9 Å². The summed E-state index contributed by atoms with van der Waals surface area (Å²) in [6.07, 6.45) is 1.24. The number of carbonyl (C=O) groups is 1. The molecule has 122 valence electrons. The number of hydrogen-bond acceptors (Lipinski definition) is 4. The van der Waals surface area contributed by atoms with Gasteiger partial charge in [-0.3, -0.25) is 4.79 Å². The highest BCUT2D eigenvalue weighted by Crippen LogP contribution is 2.29. The first-order chi connectivity index (χ1) is 10.6. The summed E-state index contributed by atoms with van der Waals surface area (Å²) in [7, 11) is 0. The van der Waals surface area contributed by atoms with Gasteiger partial charge in [-0.05, 0) is 44.0 Å². The smallest absolute Gasteiger partial charge is 0.227 e. The van der Waals surface area contributed by atoms with Crippen LogP contribution in [0.2, 0.25) is 0 Å². The largest absolute Gasteiger partial charge is 0.489 e. The van der Waals surface area contributed by atoms with Crippen LogP contribution in [0.25, 0.3) is 0 Å². The summed E-state index contributed by atoms with van der Waals surface area (Å²) in [5.74, 6) is 0.786. The lowest BCUT2D eigenvalue weighted by atomic mass is 9.79. The molecule has 0 radical (unpaired) electrons. The van der Waals surface area contributed by atoms with Crippen LogP contribution in [-0.4, -0.2) is 38.3 Å². The molecule has 1 aromatic rings. The molecule has 1 unspecified atom stereocenters. The minimum absolute atomic E-state index is 0.00422. The third-order valence-corrected chi connectivity index (χ3v) is 4.55. The van der Waals surface area contributed by atoms with E-state index < -0.39 is 5.41 Å². The Morgan fingerprint density at radius 1 is 1.41 bits per heavy atom. The van der Waals surface area contributed by atoms with E-state index >= 15 is 0 Å².